The van der Waals surface area contributed by atoms with Crippen molar-refractivity contribution in [2.75, 3.05) is 0 Å². The van der Waals surface area contributed by atoms with Crippen LogP contribution in [0.25, 0.3) is 5.65 Å². The minimum atomic E-state index is -0.482. The van der Waals surface area contributed by atoms with Crippen LogP contribution in [0.15, 0.2) is 46.9 Å². The molecule has 0 bridgehead atoms. The van der Waals surface area contributed by atoms with Crippen molar-refractivity contribution in [3.8, 4) is 0 Å². The number of aliphatic imine (C=N–C) groups is 1. The van der Waals surface area contributed by atoms with Crippen LogP contribution in [-0.2, 0) is 17.9 Å². The van der Waals surface area contributed by atoms with Crippen LogP contribution in [0.4, 0.5) is 0 Å². The fourth-order valence-electron chi connectivity index (χ4n) is 2.88. The van der Waals surface area contributed by atoms with E-state index in [1.54, 1.807) is 6.07 Å². The number of hydrogen-bond acceptors (Lipinski definition) is 7. The highest BCUT2D eigenvalue weighted by Gasteiger charge is 2.23. The molecule has 3 aromatic rings. The van der Waals surface area contributed by atoms with Gasteiger partial charge in [0.05, 0.1) is 25.0 Å². The summed E-state index contributed by atoms with van der Waals surface area (Å²) in [6.07, 6.45) is 9.40. The smallest absolute Gasteiger partial charge is 0.273 e. The van der Waals surface area contributed by atoms with Gasteiger partial charge in [0.15, 0.2) is 5.71 Å². The van der Waals surface area contributed by atoms with E-state index >= 15 is 0 Å². The van der Waals surface area contributed by atoms with Gasteiger partial charge in [-0.05, 0) is 36.5 Å². The van der Waals surface area contributed by atoms with Crippen molar-refractivity contribution in [2.24, 2.45) is 15.9 Å². The summed E-state index contributed by atoms with van der Waals surface area (Å²) < 4.78 is 2.01. The first kappa shape index (κ1) is 19.0. The largest absolute Gasteiger partial charge is 0.343 e. The first-order valence-corrected chi connectivity index (χ1v) is 9.51. The van der Waals surface area contributed by atoms with E-state index in [-0.39, 0.29) is 12.3 Å². The average Bonchev–Trinajstić information content (AvgIpc) is 3.49. The second-order valence-electron chi connectivity index (χ2n) is 6.70. The summed E-state index contributed by atoms with van der Waals surface area (Å²) in [5.41, 5.74) is 2.99. The molecule has 1 fully saturated rings. The molecule has 29 heavy (non-hydrogen) atoms. The highest BCUT2D eigenvalue weighted by Crippen LogP contribution is 2.39. The lowest BCUT2D eigenvalue weighted by Gasteiger charge is -2.03. The molecule has 1 amide bonds. The number of nitrogens with two attached hydrogens (primary N) is 1. The number of amides is 1. The summed E-state index contributed by atoms with van der Waals surface area (Å²) in [6, 6.07) is 5.69. The summed E-state index contributed by atoms with van der Waals surface area (Å²) in [7, 11) is 0. The molecular weight excluding hydrogens is 392 g/mol. The first-order valence-electron chi connectivity index (χ1n) is 9.13. The minimum absolute atomic E-state index is 0.00758. The predicted molar refractivity (Wildman–Crippen MR) is 110 cm³/mol. The molecular formula is C19H19ClN8O. The SMILES string of the molecule is N/N=C(\C=NCc1cn2cc(C3CC3)ccc2n1)C(=O)NCc1nccc(Cl)n1. The van der Waals surface area contributed by atoms with Crippen LogP contribution >= 0.6 is 11.6 Å². The van der Waals surface area contributed by atoms with E-state index in [1.807, 2.05) is 16.7 Å². The van der Waals surface area contributed by atoms with Gasteiger partial charge in [0, 0.05) is 18.6 Å². The summed E-state index contributed by atoms with van der Waals surface area (Å²) in [5, 5.41) is 6.42. The Balaban J connectivity index is 1.35. The van der Waals surface area contributed by atoms with Gasteiger partial charge in [0.1, 0.15) is 16.6 Å². The number of rotatable bonds is 7. The van der Waals surface area contributed by atoms with E-state index in [0.717, 1.165) is 11.3 Å². The number of hydrogen-bond donors (Lipinski definition) is 2. The summed E-state index contributed by atoms with van der Waals surface area (Å²) in [5.74, 6) is 5.91. The molecule has 1 aliphatic rings. The Morgan fingerprint density at radius 1 is 1.31 bits per heavy atom. The number of nitrogens with one attached hydrogen (secondary N) is 1. The van der Waals surface area contributed by atoms with Crippen LogP contribution in [0.5, 0.6) is 0 Å². The summed E-state index contributed by atoms with van der Waals surface area (Å²) in [6.45, 7) is 0.409. The molecule has 0 spiro atoms. The standard InChI is InChI=1S/C19H19ClN8O/c20-16-5-6-23-17(26-16)9-24-19(29)15(27-21)8-22-7-14-11-28-10-13(12-1-2-12)3-4-18(28)25-14/h3-6,8,10-12H,1-2,7,9,21H2,(H,24,29)/b22-8?,27-15+. The van der Waals surface area contributed by atoms with Crippen LogP contribution in [-0.4, -0.2) is 37.2 Å². The highest BCUT2D eigenvalue weighted by molar-refractivity contribution is 6.60. The number of hydrazone groups is 1. The molecule has 9 nitrogen and oxygen atoms in total. The van der Waals surface area contributed by atoms with Gasteiger partial charge in [-0.1, -0.05) is 17.7 Å². The third-order valence-corrected chi connectivity index (χ3v) is 4.70. The molecule has 0 atom stereocenters. The van der Waals surface area contributed by atoms with Gasteiger partial charge >= 0.3 is 0 Å². The van der Waals surface area contributed by atoms with E-state index in [9.17, 15) is 4.79 Å². The fourth-order valence-corrected chi connectivity index (χ4v) is 3.04. The molecule has 3 heterocycles. The third kappa shape index (κ3) is 4.75. The number of imidazole rings is 1. The predicted octanol–water partition coefficient (Wildman–Crippen LogP) is 1.86. The van der Waals surface area contributed by atoms with Crippen molar-refractivity contribution in [3.63, 3.8) is 0 Å². The number of halogens is 1. The molecule has 0 saturated heterocycles. The Bertz CT molecular complexity index is 1100. The molecule has 10 heteroatoms. The van der Waals surface area contributed by atoms with Gasteiger partial charge in [-0.25, -0.2) is 15.0 Å². The number of fused-ring (bicyclic) bond motifs is 1. The van der Waals surface area contributed by atoms with E-state index in [0.29, 0.717) is 23.4 Å². The van der Waals surface area contributed by atoms with Crippen molar-refractivity contribution < 1.29 is 4.79 Å². The monoisotopic (exact) mass is 410 g/mol. The Morgan fingerprint density at radius 3 is 2.93 bits per heavy atom. The van der Waals surface area contributed by atoms with Gasteiger partial charge in [0.25, 0.3) is 5.91 Å². The second-order valence-corrected chi connectivity index (χ2v) is 7.08. The number of nitrogens with zero attached hydrogens (tertiary/aromatic N) is 6. The van der Waals surface area contributed by atoms with Crippen molar-refractivity contribution >= 4 is 35.1 Å². The van der Waals surface area contributed by atoms with Crippen LogP contribution in [0.3, 0.4) is 0 Å². The van der Waals surface area contributed by atoms with Gasteiger partial charge in [-0.15, -0.1) is 0 Å². The lowest BCUT2D eigenvalue weighted by molar-refractivity contribution is -0.114. The fraction of sp³-hybridized carbons (Fsp3) is 0.263. The summed E-state index contributed by atoms with van der Waals surface area (Å²) >= 11 is 5.80. The van der Waals surface area contributed by atoms with Crippen molar-refractivity contribution in [2.45, 2.75) is 31.8 Å². The molecule has 1 saturated carbocycles. The van der Waals surface area contributed by atoms with Crippen LogP contribution in [0.2, 0.25) is 5.15 Å². The maximum absolute atomic E-state index is 12.2. The molecule has 0 aliphatic heterocycles. The zero-order valence-electron chi connectivity index (χ0n) is 15.5. The highest BCUT2D eigenvalue weighted by atomic mass is 35.5. The topological polar surface area (TPSA) is 123 Å². The molecule has 0 unspecified atom stereocenters. The maximum atomic E-state index is 12.2. The first-order chi connectivity index (χ1) is 14.1. The van der Waals surface area contributed by atoms with Crippen molar-refractivity contribution in [1.29, 1.82) is 0 Å². The number of carbonyl (C=O) groups excluding carboxylic acids is 1. The molecule has 3 N–H and O–H groups in total. The van der Waals surface area contributed by atoms with Gasteiger partial charge < -0.3 is 15.6 Å². The van der Waals surface area contributed by atoms with Crippen LogP contribution in [0, 0.1) is 0 Å². The normalized spacial score (nSPS) is 14.6. The molecule has 1 aliphatic carbocycles. The zero-order valence-corrected chi connectivity index (χ0v) is 16.3. The Hall–Kier alpha value is -3.33. The second kappa shape index (κ2) is 8.36. The van der Waals surface area contributed by atoms with E-state index in [4.69, 9.17) is 17.4 Å². The van der Waals surface area contributed by atoms with Crippen LogP contribution in [0.1, 0.15) is 35.8 Å². The number of carbonyl (C=O) groups is 1. The molecule has 3 aromatic heterocycles. The third-order valence-electron chi connectivity index (χ3n) is 4.49. The van der Waals surface area contributed by atoms with E-state index < -0.39 is 5.91 Å². The van der Waals surface area contributed by atoms with Gasteiger partial charge in [-0.2, -0.15) is 5.10 Å². The maximum Gasteiger partial charge on any atom is 0.273 e. The lowest BCUT2D eigenvalue weighted by Crippen LogP contribution is -2.32. The average molecular weight is 411 g/mol. The van der Waals surface area contributed by atoms with Crippen molar-refractivity contribution in [1.82, 2.24) is 24.7 Å². The Kier molecular flexibility index (Phi) is 5.48. The van der Waals surface area contributed by atoms with E-state index in [2.05, 4.69) is 42.6 Å². The van der Waals surface area contributed by atoms with Crippen molar-refractivity contribution in [3.05, 3.63) is 59.0 Å². The number of pyridine rings is 1. The molecule has 0 radical (unpaired) electrons. The minimum Gasteiger partial charge on any atom is -0.343 e. The molecule has 148 valence electrons. The van der Waals surface area contributed by atoms with Gasteiger partial charge in [-0.3, -0.25) is 9.79 Å². The summed E-state index contributed by atoms with van der Waals surface area (Å²) in [4.78, 5) is 29.0. The van der Waals surface area contributed by atoms with Gasteiger partial charge in [0.2, 0.25) is 0 Å². The molecule has 0 aromatic carbocycles. The zero-order chi connectivity index (χ0) is 20.2. The quantitative estimate of drug-likeness (QED) is 0.266. The Morgan fingerprint density at radius 2 is 2.17 bits per heavy atom. The van der Waals surface area contributed by atoms with Crippen LogP contribution < -0.4 is 11.2 Å². The number of aromatic nitrogens is 4. The molecule has 4 rings (SSSR count). The lowest BCUT2D eigenvalue weighted by atomic mass is 10.2. The Labute approximate surface area is 171 Å². The van der Waals surface area contributed by atoms with E-state index in [1.165, 1.54) is 30.8 Å².